The Bertz CT molecular complexity index is 1200. The van der Waals surface area contributed by atoms with Gasteiger partial charge in [0.2, 0.25) is 5.91 Å². The summed E-state index contributed by atoms with van der Waals surface area (Å²) in [5, 5.41) is 8.13. The Morgan fingerprint density at radius 3 is 2.57 bits per heavy atom. The molecule has 28 heavy (non-hydrogen) atoms. The lowest BCUT2D eigenvalue weighted by molar-refractivity contribution is -0.119. The molecule has 138 valence electrons. The number of nitrogens with one attached hydrogen (secondary N) is 1. The van der Waals surface area contributed by atoms with Crippen LogP contribution in [0.15, 0.2) is 83.8 Å². The molecule has 0 saturated heterocycles. The third kappa shape index (κ3) is 3.53. The van der Waals surface area contributed by atoms with Crippen molar-refractivity contribution in [3.05, 3.63) is 89.3 Å². The van der Waals surface area contributed by atoms with Crippen LogP contribution in [-0.4, -0.2) is 20.7 Å². The Kier molecular flexibility index (Phi) is 4.68. The van der Waals surface area contributed by atoms with Crippen LogP contribution < -0.4 is 10.9 Å². The van der Waals surface area contributed by atoms with Crippen molar-refractivity contribution >= 4 is 22.5 Å². The monoisotopic (exact) mass is 370 g/mol. The fourth-order valence-electron chi connectivity index (χ4n) is 2.96. The molecule has 1 amide bonds. The van der Waals surface area contributed by atoms with E-state index in [1.165, 1.54) is 10.7 Å². The molecule has 0 aliphatic carbocycles. The smallest absolute Gasteiger partial charge is 0.267 e. The Balaban J connectivity index is 1.60. The van der Waals surface area contributed by atoms with Crippen molar-refractivity contribution in [3.8, 4) is 11.3 Å². The highest BCUT2D eigenvalue weighted by atomic mass is 16.2. The number of hydrogen-bond donors (Lipinski definition) is 1. The molecule has 1 unspecified atom stereocenters. The van der Waals surface area contributed by atoms with Gasteiger partial charge >= 0.3 is 0 Å². The van der Waals surface area contributed by atoms with E-state index in [9.17, 15) is 9.59 Å². The van der Waals surface area contributed by atoms with Gasteiger partial charge in [-0.25, -0.2) is 4.68 Å². The van der Waals surface area contributed by atoms with Gasteiger partial charge in [0.25, 0.3) is 5.56 Å². The lowest BCUT2D eigenvalue weighted by Crippen LogP contribution is -2.33. The maximum Gasteiger partial charge on any atom is 0.267 e. The summed E-state index contributed by atoms with van der Waals surface area (Å²) in [6.07, 6.45) is 1.60. The summed E-state index contributed by atoms with van der Waals surface area (Å²) in [6, 6.07) is 21.3. The van der Waals surface area contributed by atoms with E-state index >= 15 is 0 Å². The Morgan fingerprint density at radius 1 is 1.00 bits per heavy atom. The zero-order valence-corrected chi connectivity index (χ0v) is 15.2. The number of nitrogens with zero attached hydrogens (tertiary/aromatic N) is 3. The molecule has 0 fully saturated rings. The van der Waals surface area contributed by atoms with E-state index in [0.717, 1.165) is 16.5 Å². The third-order valence-electron chi connectivity index (χ3n) is 4.50. The van der Waals surface area contributed by atoms with Gasteiger partial charge in [-0.15, -0.1) is 0 Å². The van der Waals surface area contributed by atoms with Gasteiger partial charge < -0.3 is 5.32 Å². The number of aromatic nitrogens is 3. The summed E-state index contributed by atoms with van der Waals surface area (Å²) in [5.74, 6) is -0.336. The first kappa shape index (κ1) is 17.6. The van der Waals surface area contributed by atoms with Crippen LogP contribution in [-0.2, 0) is 4.79 Å². The van der Waals surface area contributed by atoms with Crippen LogP contribution >= 0.6 is 0 Å². The van der Waals surface area contributed by atoms with Crippen molar-refractivity contribution in [3.63, 3.8) is 0 Å². The fourth-order valence-corrected chi connectivity index (χ4v) is 2.96. The number of amides is 1. The number of fused-ring (bicyclic) bond motifs is 1. The summed E-state index contributed by atoms with van der Waals surface area (Å²) in [4.78, 5) is 29.3. The molecule has 2 heterocycles. The minimum Gasteiger partial charge on any atom is -0.323 e. The van der Waals surface area contributed by atoms with Crippen molar-refractivity contribution in [2.24, 2.45) is 0 Å². The lowest BCUT2D eigenvalue weighted by Gasteiger charge is -2.15. The molecule has 0 saturated carbocycles. The molecule has 0 radical (unpaired) electrons. The summed E-state index contributed by atoms with van der Waals surface area (Å²) in [7, 11) is 0. The second-order valence-corrected chi connectivity index (χ2v) is 6.45. The maximum atomic E-state index is 12.7. The average molecular weight is 370 g/mol. The first-order chi connectivity index (χ1) is 13.6. The van der Waals surface area contributed by atoms with Crippen LogP contribution in [0.25, 0.3) is 22.2 Å². The largest absolute Gasteiger partial charge is 0.323 e. The van der Waals surface area contributed by atoms with E-state index in [0.29, 0.717) is 11.4 Å². The van der Waals surface area contributed by atoms with Gasteiger partial charge in [0, 0.05) is 17.0 Å². The molecule has 0 aliphatic rings. The molecule has 4 rings (SSSR count). The Hall–Kier alpha value is -3.80. The highest BCUT2D eigenvalue weighted by Gasteiger charge is 2.18. The van der Waals surface area contributed by atoms with Gasteiger partial charge in [0.05, 0.1) is 23.1 Å². The van der Waals surface area contributed by atoms with E-state index in [1.807, 2.05) is 60.7 Å². The maximum absolute atomic E-state index is 12.7. The van der Waals surface area contributed by atoms with Gasteiger partial charge in [-0.05, 0) is 25.1 Å². The predicted octanol–water partition coefficient (Wildman–Crippen LogP) is 3.66. The number of para-hydroxylation sites is 1. The first-order valence-electron chi connectivity index (χ1n) is 8.93. The first-order valence-corrected chi connectivity index (χ1v) is 8.93. The molecular weight excluding hydrogens is 352 g/mol. The number of hydrogen-bond acceptors (Lipinski definition) is 4. The normalized spacial score (nSPS) is 11.9. The molecule has 0 aliphatic heterocycles. The number of pyridine rings is 1. The molecule has 1 N–H and O–H groups in total. The van der Waals surface area contributed by atoms with E-state index in [-0.39, 0.29) is 11.5 Å². The zero-order valence-electron chi connectivity index (χ0n) is 15.2. The van der Waals surface area contributed by atoms with Gasteiger partial charge in [-0.2, -0.15) is 5.10 Å². The molecule has 2 aromatic carbocycles. The summed E-state index contributed by atoms with van der Waals surface area (Å²) >= 11 is 0. The molecule has 2 aromatic heterocycles. The van der Waals surface area contributed by atoms with Crippen molar-refractivity contribution in [1.82, 2.24) is 14.8 Å². The Labute approximate surface area is 161 Å². The molecule has 4 aromatic rings. The van der Waals surface area contributed by atoms with Gasteiger partial charge in [0.1, 0.15) is 6.04 Å². The highest BCUT2D eigenvalue weighted by Crippen LogP contribution is 2.18. The van der Waals surface area contributed by atoms with Crippen LogP contribution in [0.3, 0.4) is 0 Å². The van der Waals surface area contributed by atoms with Gasteiger partial charge in [-0.1, -0.05) is 48.5 Å². The zero-order chi connectivity index (χ0) is 19.5. The lowest BCUT2D eigenvalue weighted by atomic mass is 10.1. The van der Waals surface area contributed by atoms with Crippen LogP contribution in [0.4, 0.5) is 5.69 Å². The van der Waals surface area contributed by atoms with Gasteiger partial charge in [-0.3, -0.25) is 14.6 Å². The van der Waals surface area contributed by atoms with Crippen LogP contribution in [0.1, 0.15) is 13.0 Å². The van der Waals surface area contributed by atoms with Crippen molar-refractivity contribution in [1.29, 1.82) is 0 Å². The minimum atomic E-state index is -0.775. The number of carbonyl (C=O) groups is 1. The molecule has 0 spiro atoms. The third-order valence-corrected chi connectivity index (χ3v) is 4.50. The van der Waals surface area contributed by atoms with Crippen LogP contribution in [0, 0.1) is 0 Å². The quantitative estimate of drug-likeness (QED) is 0.595. The SMILES string of the molecule is CC(C(=O)Nc1cnc2ccccc2c1)n1nc(-c2ccccc2)ccc1=O. The molecule has 1 atom stereocenters. The number of benzene rings is 2. The average Bonchev–Trinajstić information content (AvgIpc) is 2.74. The highest BCUT2D eigenvalue weighted by molar-refractivity contribution is 5.95. The van der Waals surface area contributed by atoms with Gasteiger partial charge in [0.15, 0.2) is 0 Å². The van der Waals surface area contributed by atoms with E-state index < -0.39 is 6.04 Å². The number of carbonyl (C=O) groups excluding carboxylic acids is 1. The van der Waals surface area contributed by atoms with Crippen molar-refractivity contribution < 1.29 is 4.79 Å². The molecule has 0 bridgehead atoms. The standard InChI is InChI=1S/C22H18N4O2/c1-15(22(28)24-18-13-17-9-5-6-10-19(17)23-14-18)26-21(27)12-11-20(25-26)16-7-3-2-4-8-16/h2-15H,1H3,(H,24,28). The summed E-state index contributed by atoms with van der Waals surface area (Å²) < 4.78 is 1.20. The van der Waals surface area contributed by atoms with Crippen LogP contribution in [0.5, 0.6) is 0 Å². The van der Waals surface area contributed by atoms with Crippen molar-refractivity contribution in [2.75, 3.05) is 5.32 Å². The van der Waals surface area contributed by atoms with E-state index in [4.69, 9.17) is 0 Å². The van der Waals surface area contributed by atoms with Crippen molar-refractivity contribution in [2.45, 2.75) is 13.0 Å². The summed E-state index contributed by atoms with van der Waals surface area (Å²) in [5.41, 5.74) is 2.60. The number of rotatable bonds is 4. The molecular formula is C22H18N4O2. The minimum absolute atomic E-state index is 0.334. The number of anilines is 1. The summed E-state index contributed by atoms with van der Waals surface area (Å²) in [6.45, 7) is 1.65. The molecule has 6 nitrogen and oxygen atoms in total. The molecule has 6 heteroatoms. The second-order valence-electron chi connectivity index (χ2n) is 6.45. The van der Waals surface area contributed by atoms with E-state index in [2.05, 4.69) is 15.4 Å². The van der Waals surface area contributed by atoms with E-state index in [1.54, 1.807) is 19.2 Å². The fraction of sp³-hybridized carbons (Fsp3) is 0.0909. The second kappa shape index (κ2) is 7.44. The van der Waals surface area contributed by atoms with Crippen LogP contribution in [0.2, 0.25) is 0 Å². The topological polar surface area (TPSA) is 76.9 Å². The predicted molar refractivity (Wildman–Crippen MR) is 109 cm³/mol. The Morgan fingerprint density at radius 2 is 1.75 bits per heavy atom.